The molecule has 0 saturated carbocycles. The third-order valence-corrected chi connectivity index (χ3v) is 3.85. The van der Waals surface area contributed by atoms with E-state index in [1.807, 2.05) is 31.2 Å². The minimum atomic E-state index is -0.0109. The van der Waals surface area contributed by atoms with Crippen molar-refractivity contribution in [3.8, 4) is 0 Å². The third kappa shape index (κ3) is 2.99. The number of aromatic amines is 1. The fraction of sp³-hybridized carbons (Fsp3) is 0.235. The molecule has 5 heteroatoms. The van der Waals surface area contributed by atoms with Crippen molar-refractivity contribution < 1.29 is 4.79 Å². The van der Waals surface area contributed by atoms with E-state index < -0.39 is 0 Å². The van der Waals surface area contributed by atoms with E-state index in [4.69, 9.17) is 12.2 Å². The number of benzene rings is 1. The Hall–Kier alpha value is -2.27. The molecule has 0 bridgehead atoms. The summed E-state index contributed by atoms with van der Waals surface area (Å²) in [6.07, 6.45) is 8.33. The highest BCUT2D eigenvalue weighted by Crippen LogP contribution is 2.27. The average Bonchev–Trinajstić information content (AvgIpc) is 2.90. The van der Waals surface area contributed by atoms with Crippen LogP contribution in [0.2, 0.25) is 0 Å². The summed E-state index contributed by atoms with van der Waals surface area (Å²) in [6.45, 7) is 1.98. The number of anilines is 1. The number of aromatic nitrogens is 2. The number of nitrogens with zero attached hydrogens (tertiary/aromatic N) is 1. The van der Waals surface area contributed by atoms with Crippen LogP contribution in [0.5, 0.6) is 0 Å². The van der Waals surface area contributed by atoms with Crippen molar-refractivity contribution in [1.29, 1.82) is 0 Å². The van der Waals surface area contributed by atoms with Crippen LogP contribution in [-0.4, -0.2) is 21.0 Å². The van der Waals surface area contributed by atoms with E-state index in [0.29, 0.717) is 12.2 Å². The molecule has 1 aliphatic carbocycles. The zero-order valence-electron chi connectivity index (χ0n) is 12.3. The van der Waals surface area contributed by atoms with Crippen molar-refractivity contribution >= 4 is 45.3 Å². The van der Waals surface area contributed by atoms with Gasteiger partial charge in [-0.15, -0.1) is 0 Å². The second kappa shape index (κ2) is 6.23. The van der Waals surface area contributed by atoms with E-state index in [0.717, 1.165) is 39.7 Å². The molecule has 4 nitrogen and oxygen atoms in total. The van der Waals surface area contributed by atoms with Gasteiger partial charge in [0.1, 0.15) is 0 Å². The summed E-state index contributed by atoms with van der Waals surface area (Å²) in [6, 6.07) is 6.03. The Balaban J connectivity index is 1.91. The van der Waals surface area contributed by atoms with E-state index in [2.05, 4.69) is 27.7 Å². The predicted octanol–water partition coefficient (Wildman–Crippen LogP) is 4.01. The molecular weight excluding hydrogens is 294 g/mol. The summed E-state index contributed by atoms with van der Waals surface area (Å²) in [4.78, 5) is 12.6. The van der Waals surface area contributed by atoms with Crippen LogP contribution in [0, 0.1) is 0 Å². The Morgan fingerprint density at radius 1 is 1.45 bits per heavy atom. The summed E-state index contributed by atoms with van der Waals surface area (Å²) < 4.78 is 0. The maximum absolute atomic E-state index is 11.7. The van der Waals surface area contributed by atoms with Crippen LogP contribution in [0.15, 0.2) is 36.4 Å². The van der Waals surface area contributed by atoms with Gasteiger partial charge >= 0.3 is 0 Å². The zero-order chi connectivity index (χ0) is 15.5. The number of fused-ring (bicyclic) bond motifs is 1. The first kappa shape index (κ1) is 14.7. The number of carbonyl (C=O) groups excluding carboxylic acids is 1. The molecule has 0 atom stereocenters. The van der Waals surface area contributed by atoms with Crippen molar-refractivity contribution in [1.82, 2.24) is 10.2 Å². The lowest BCUT2D eigenvalue weighted by molar-refractivity contribution is -0.116. The van der Waals surface area contributed by atoms with E-state index in [9.17, 15) is 4.79 Å². The Labute approximate surface area is 134 Å². The lowest BCUT2D eigenvalue weighted by atomic mass is 9.98. The van der Waals surface area contributed by atoms with Gasteiger partial charge in [-0.05, 0) is 35.8 Å². The highest BCUT2D eigenvalue weighted by atomic mass is 32.1. The predicted molar refractivity (Wildman–Crippen MR) is 94.0 cm³/mol. The number of amides is 1. The van der Waals surface area contributed by atoms with Gasteiger partial charge in [-0.2, -0.15) is 5.10 Å². The first-order valence-corrected chi connectivity index (χ1v) is 7.77. The molecule has 2 N–H and O–H groups in total. The zero-order valence-corrected chi connectivity index (χ0v) is 13.2. The normalized spacial score (nSPS) is 14.2. The number of hydrogen-bond donors (Lipinski definition) is 2. The molecule has 2 aromatic rings. The maximum Gasteiger partial charge on any atom is 0.225 e. The molecule has 3 rings (SSSR count). The summed E-state index contributed by atoms with van der Waals surface area (Å²) in [7, 11) is 0. The topological polar surface area (TPSA) is 57.8 Å². The fourth-order valence-corrected chi connectivity index (χ4v) is 2.70. The monoisotopic (exact) mass is 311 g/mol. The van der Waals surface area contributed by atoms with Crippen LogP contribution in [0.4, 0.5) is 5.82 Å². The lowest BCUT2D eigenvalue weighted by Gasteiger charge is -2.08. The van der Waals surface area contributed by atoms with Gasteiger partial charge in [0, 0.05) is 23.1 Å². The molecule has 0 fully saturated rings. The largest absolute Gasteiger partial charge is 0.309 e. The molecule has 1 aromatic heterocycles. The number of carbonyl (C=O) groups is 1. The van der Waals surface area contributed by atoms with Crippen LogP contribution in [0.1, 0.15) is 31.7 Å². The molecule has 0 aliphatic heterocycles. The van der Waals surface area contributed by atoms with Crippen molar-refractivity contribution in [2.45, 2.75) is 26.2 Å². The van der Waals surface area contributed by atoms with Gasteiger partial charge < -0.3 is 5.32 Å². The molecule has 1 heterocycles. The second-order valence-corrected chi connectivity index (χ2v) is 5.83. The SMILES string of the molecule is CCCC(=O)Nc1n[nH]c2cc(C3=CC(=S)CC=C3)ccc12. The molecular formula is C17H17N3OS. The van der Waals surface area contributed by atoms with Gasteiger partial charge in [-0.1, -0.05) is 37.4 Å². The Kier molecular flexibility index (Phi) is 4.15. The quantitative estimate of drug-likeness (QED) is 0.839. The number of allylic oxidation sites excluding steroid dienone is 4. The highest BCUT2D eigenvalue weighted by molar-refractivity contribution is 7.80. The summed E-state index contributed by atoms with van der Waals surface area (Å²) in [5.41, 5.74) is 3.08. The number of hydrogen-bond acceptors (Lipinski definition) is 3. The molecule has 112 valence electrons. The Morgan fingerprint density at radius 2 is 2.32 bits per heavy atom. The van der Waals surface area contributed by atoms with Gasteiger partial charge in [0.2, 0.25) is 5.91 Å². The van der Waals surface area contributed by atoms with E-state index in [-0.39, 0.29) is 5.91 Å². The second-order valence-electron chi connectivity index (χ2n) is 5.30. The first-order chi connectivity index (χ1) is 10.7. The van der Waals surface area contributed by atoms with Crippen molar-refractivity contribution in [3.05, 3.63) is 42.0 Å². The standard InChI is InChI=1S/C17H17N3OS/c1-2-4-16(21)18-17-14-8-7-12(10-15(14)19-20-17)11-5-3-6-13(22)9-11/h3,5,7-10H,2,4,6H2,1H3,(H2,18,19,20,21). The first-order valence-electron chi connectivity index (χ1n) is 7.37. The van der Waals surface area contributed by atoms with Gasteiger partial charge in [0.15, 0.2) is 5.82 Å². The number of H-pyrrole nitrogens is 1. The van der Waals surface area contributed by atoms with E-state index >= 15 is 0 Å². The van der Waals surface area contributed by atoms with Gasteiger partial charge in [-0.25, -0.2) is 0 Å². The van der Waals surface area contributed by atoms with Gasteiger partial charge in [0.25, 0.3) is 0 Å². The number of thiocarbonyl (C=S) groups is 1. The maximum atomic E-state index is 11.7. The molecule has 22 heavy (non-hydrogen) atoms. The lowest BCUT2D eigenvalue weighted by Crippen LogP contribution is -2.11. The van der Waals surface area contributed by atoms with Crippen LogP contribution in [-0.2, 0) is 4.79 Å². The van der Waals surface area contributed by atoms with Crippen molar-refractivity contribution in [2.24, 2.45) is 0 Å². The summed E-state index contributed by atoms with van der Waals surface area (Å²) in [5.74, 6) is 0.576. The van der Waals surface area contributed by atoms with Crippen molar-refractivity contribution in [2.75, 3.05) is 5.32 Å². The smallest absolute Gasteiger partial charge is 0.225 e. The van der Waals surface area contributed by atoms with E-state index in [1.165, 1.54) is 0 Å². The molecule has 1 aromatic carbocycles. The van der Waals surface area contributed by atoms with Crippen LogP contribution in [0.3, 0.4) is 0 Å². The summed E-state index contributed by atoms with van der Waals surface area (Å²) in [5, 5.41) is 10.9. The third-order valence-electron chi connectivity index (χ3n) is 3.56. The summed E-state index contributed by atoms with van der Waals surface area (Å²) >= 11 is 5.26. The molecule has 1 amide bonds. The minimum absolute atomic E-state index is 0.0109. The van der Waals surface area contributed by atoms with Crippen LogP contribution in [0.25, 0.3) is 16.5 Å². The molecule has 1 aliphatic rings. The van der Waals surface area contributed by atoms with E-state index in [1.54, 1.807) is 0 Å². The molecule has 0 saturated heterocycles. The average molecular weight is 311 g/mol. The van der Waals surface area contributed by atoms with Crippen LogP contribution < -0.4 is 5.32 Å². The molecule has 0 unspecified atom stereocenters. The Morgan fingerprint density at radius 3 is 3.09 bits per heavy atom. The Bertz CT molecular complexity index is 801. The minimum Gasteiger partial charge on any atom is -0.309 e. The fourth-order valence-electron chi connectivity index (χ4n) is 2.48. The molecule has 0 spiro atoms. The number of rotatable bonds is 4. The van der Waals surface area contributed by atoms with Crippen molar-refractivity contribution in [3.63, 3.8) is 0 Å². The van der Waals surface area contributed by atoms with Gasteiger partial charge in [-0.3, -0.25) is 9.89 Å². The molecule has 0 radical (unpaired) electrons. The van der Waals surface area contributed by atoms with Crippen LogP contribution >= 0.6 is 12.2 Å². The van der Waals surface area contributed by atoms with Gasteiger partial charge in [0.05, 0.1) is 5.52 Å². The highest BCUT2D eigenvalue weighted by Gasteiger charge is 2.11. The number of nitrogens with one attached hydrogen (secondary N) is 2.